The summed E-state index contributed by atoms with van der Waals surface area (Å²) < 4.78 is 49.6. The van der Waals surface area contributed by atoms with E-state index in [1.54, 1.807) is 7.11 Å². The second-order valence-electron chi connectivity index (χ2n) is 21.7. The standard InChI is InChI=1S/C46H78O18/c1-20(18-47)10-15-45(57-7)23(4)46(56)30(64-45)17-28-26-9-8-24-16-25(11-13-43(24,5)27(26)12-14-44(28,46)6)60-42-39(63-41-36(54)34(52)32(50)22(3)59-41)37(55)38(29(19-48)61-42)62-40-35(53)33(51)31(49)21(2)58-40/h20-42,47-56H,8-19H2,1-7H3/t20-,21+,22+,23-,24?,25+,26?,27?,28?,29-,30?,31+,32+,33-,34-,35-,36-,37+,38-,39-,40+,41+,42+,43+,44+,45-,46-/m1/s1. The van der Waals surface area contributed by atoms with Gasteiger partial charge in [0.25, 0.3) is 0 Å². The topological polar surface area (TPSA) is 276 Å². The van der Waals surface area contributed by atoms with Gasteiger partial charge in [0.1, 0.15) is 66.6 Å². The first kappa shape index (κ1) is 49.7. The van der Waals surface area contributed by atoms with Gasteiger partial charge < -0.3 is 89.0 Å². The lowest BCUT2D eigenvalue weighted by molar-refractivity contribution is -0.389. The molecular weight excluding hydrogens is 840 g/mol. The molecule has 8 fully saturated rings. The highest BCUT2D eigenvalue weighted by molar-refractivity contribution is 5.23. The summed E-state index contributed by atoms with van der Waals surface area (Å²) >= 11 is 0. The monoisotopic (exact) mass is 919 g/mol. The first-order valence-electron chi connectivity index (χ1n) is 24.1. The van der Waals surface area contributed by atoms with Crippen LogP contribution in [0.25, 0.3) is 0 Å². The molecule has 64 heavy (non-hydrogen) atoms. The second kappa shape index (κ2) is 18.6. The van der Waals surface area contributed by atoms with Crippen molar-refractivity contribution in [3.8, 4) is 0 Å². The predicted octanol–water partition coefficient (Wildman–Crippen LogP) is 0.0450. The van der Waals surface area contributed by atoms with Gasteiger partial charge in [-0.15, -0.1) is 0 Å². The zero-order chi connectivity index (χ0) is 46.4. The summed E-state index contributed by atoms with van der Waals surface area (Å²) in [5.74, 6) is 0.338. The fourth-order valence-electron chi connectivity index (χ4n) is 14.3. The second-order valence-corrected chi connectivity index (χ2v) is 21.7. The quantitative estimate of drug-likeness (QED) is 0.116. The van der Waals surface area contributed by atoms with E-state index in [0.717, 1.165) is 44.9 Å². The van der Waals surface area contributed by atoms with Crippen molar-refractivity contribution in [1.82, 2.24) is 0 Å². The van der Waals surface area contributed by atoms with E-state index in [2.05, 4.69) is 20.8 Å². The Labute approximate surface area is 376 Å². The van der Waals surface area contributed by atoms with E-state index < -0.39 is 110 Å². The van der Waals surface area contributed by atoms with E-state index in [1.807, 2.05) is 6.92 Å². The summed E-state index contributed by atoms with van der Waals surface area (Å²) in [7, 11) is 1.67. The lowest BCUT2D eigenvalue weighted by Gasteiger charge is -2.62. The third kappa shape index (κ3) is 7.96. The van der Waals surface area contributed by atoms with E-state index in [1.165, 1.54) is 13.8 Å². The average molecular weight is 919 g/mol. The van der Waals surface area contributed by atoms with Gasteiger partial charge in [-0.05, 0) is 107 Å². The van der Waals surface area contributed by atoms with Gasteiger partial charge in [-0.3, -0.25) is 0 Å². The molecule has 4 aliphatic carbocycles. The zero-order valence-electron chi connectivity index (χ0n) is 38.5. The van der Waals surface area contributed by atoms with Crippen LogP contribution in [0.5, 0.6) is 0 Å². The summed E-state index contributed by atoms with van der Waals surface area (Å²) in [5, 5.41) is 109. The Balaban J connectivity index is 0.975. The first-order valence-corrected chi connectivity index (χ1v) is 24.1. The number of fused-ring (bicyclic) bond motifs is 7. The van der Waals surface area contributed by atoms with E-state index in [9.17, 15) is 51.1 Å². The SMILES string of the molecule is CO[C@]1(CC[C@@H](C)CO)OC2CC3C4CCC5C[C@@H](O[C@H]6O[C@H](CO)[C@@H](O[C@@H]7O[C@@H](C)[C@H](O)[C@@H](O)[C@H]7O)[C@H](O)[C@H]6O[C@@H]6O[C@@H](C)[C@H](O)[C@@H](O)[C@H]6O)CC[C@]5(C)C4CC[C@]3(C)[C@@]2(O)[C@@H]1C. The number of aliphatic hydroxyl groups excluding tert-OH is 9. The van der Waals surface area contributed by atoms with Gasteiger partial charge in [0, 0.05) is 31.5 Å². The maximum atomic E-state index is 12.9. The van der Waals surface area contributed by atoms with Crippen LogP contribution in [0.1, 0.15) is 106 Å². The Morgan fingerprint density at radius 3 is 1.89 bits per heavy atom. The molecule has 0 aromatic rings. The lowest BCUT2D eigenvalue weighted by Crippen LogP contribution is -2.66. The van der Waals surface area contributed by atoms with Crippen LogP contribution < -0.4 is 0 Å². The fraction of sp³-hybridized carbons (Fsp3) is 1.00. The van der Waals surface area contributed by atoms with Crippen LogP contribution >= 0.6 is 0 Å². The first-order chi connectivity index (χ1) is 30.2. The van der Waals surface area contributed by atoms with Gasteiger partial charge in [-0.1, -0.05) is 27.7 Å². The normalized spacial score (nSPS) is 56.8. The molecule has 0 bridgehead atoms. The zero-order valence-corrected chi connectivity index (χ0v) is 38.5. The molecule has 0 amide bonds. The molecule has 10 N–H and O–H groups in total. The van der Waals surface area contributed by atoms with E-state index in [-0.39, 0.29) is 53.3 Å². The summed E-state index contributed by atoms with van der Waals surface area (Å²) in [5.41, 5.74) is -1.41. The largest absolute Gasteiger partial charge is 0.396 e. The van der Waals surface area contributed by atoms with Crippen LogP contribution in [0.3, 0.4) is 0 Å². The minimum Gasteiger partial charge on any atom is -0.396 e. The Morgan fingerprint density at radius 2 is 1.30 bits per heavy atom. The molecule has 0 spiro atoms. The molecule has 4 saturated carbocycles. The lowest BCUT2D eigenvalue weighted by atomic mass is 9.44. The van der Waals surface area contributed by atoms with E-state index >= 15 is 0 Å². The molecule has 4 saturated heterocycles. The van der Waals surface area contributed by atoms with Crippen molar-refractivity contribution in [2.45, 2.75) is 221 Å². The van der Waals surface area contributed by atoms with Crippen molar-refractivity contribution >= 4 is 0 Å². The van der Waals surface area contributed by atoms with Crippen molar-refractivity contribution in [3.63, 3.8) is 0 Å². The van der Waals surface area contributed by atoms with Crippen LogP contribution in [-0.2, 0) is 37.9 Å². The van der Waals surface area contributed by atoms with Crippen molar-refractivity contribution in [2.24, 2.45) is 46.3 Å². The number of methoxy groups -OCH3 is 1. The number of aliphatic hydroxyl groups is 10. The minimum atomic E-state index is -1.73. The molecule has 18 heteroatoms. The van der Waals surface area contributed by atoms with Crippen LogP contribution in [0.2, 0.25) is 0 Å². The molecule has 0 radical (unpaired) electrons. The summed E-state index contributed by atoms with van der Waals surface area (Å²) in [6.07, 6.45) is -14.3. The van der Waals surface area contributed by atoms with Crippen LogP contribution in [0.4, 0.5) is 0 Å². The molecule has 8 rings (SSSR count). The van der Waals surface area contributed by atoms with Gasteiger partial charge in [-0.2, -0.15) is 0 Å². The van der Waals surface area contributed by atoms with Gasteiger partial charge in [0.2, 0.25) is 0 Å². The molecule has 0 aromatic carbocycles. The van der Waals surface area contributed by atoms with Crippen LogP contribution in [-0.4, -0.2) is 187 Å². The number of rotatable bonds is 12. The molecule has 4 aliphatic heterocycles. The van der Waals surface area contributed by atoms with Crippen molar-refractivity contribution in [1.29, 1.82) is 0 Å². The van der Waals surface area contributed by atoms with Crippen LogP contribution in [0, 0.1) is 46.3 Å². The smallest absolute Gasteiger partial charge is 0.187 e. The van der Waals surface area contributed by atoms with Crippen LogP contribution in [0.15, 0.2) is 0 Å². The summed E-state index contributed by atoms with van der Waals surface area (Å²) in [4.78, 5) is 0. The maximum absolute atomic E-state index is 12.9. The fourth-order valence-corrected chi connectivity index (χ4v) is 14.3. The highest BCUT2D eigenvalue weighted by Crippen LogP contribution is 2.72. The highest BCUT2D eigenvalue weighted by Gasteiger charge is 2.76. The van der Waals surface area contributed by atoms with Crippen molar-refractivity contribution in [2.75, 3.05) is 20.3 Å². The predicted molar refractivity (Wildman–Crippen MR) is 222 cm³/mol. The molecule has 370 valence electrons. The Bertz CT molecular complexity index is 1600. The Kier molecular flexibility index (Phi) is 14.4. The summed E-state index contributed by atoms with van der Waals surface area (Å²) in [6, 6.07) is 0. The number of hydrogen-bond acceptors (Lipinski definition) is 18. The van der Waals surface area contributed by atoms with Gasteiger partial charge in [0.05, 0.1) is 31.0 Å². The molecule has 8 aliphatic rings. The average Bonchev–Trinajstić information content (AvgIpc) is 3.64. The Hall–Kier alpha value is -0.720. The Morgan fingerprint density at radius 1 is 0.672 bits per heavy atom. The molecule has 5 unspecified atom stereocenters. The summed E-state index contributed by atoms with van der Waals surface area (Å²) in [6.45, 7) is 11.2. The van der Waals surface area contributed by atoms with E-state index in [0.29, 0.717) is 31.1 Å². The number of ether oxygens (including phenoxy) is 8. The highest BCUT2D eigenvalue weighted by atomic mass is 16.8. The van der Waals surface area contributed by atoms with E-state index in [4.69, 9.17) is 37.9 Å². The molecule has 18 nitrogen and oxygen atoms in total. The molecule has 4 heterocycles. The van der Waals surface area contributed by atoms with Crippen molar-refractivity contribution in [3.05, 3.63) is 0 Å². The minimum absolute atomic E-state index is 0.00764. The van der Waals surface area contributed by atoms with Gasteiger partial charge >= 0.3 is 0 Å². The third-order valence-corrected chi connectivity index (χ3v) is 18.5. The molecule has 27 atom stereocenters. The maximum Gasteiger partial charge on any atom is 0.187 e. The third-order valence-electron chi connectivity index (χ3n) is 18.5. The van der Waals surface area contributed by atoms with Gasteiger partial charge in [0.15, 0.2) is 24.7 Å². The molecular formula is C46H78O18. The van der Waals surface area contributed by atoms with Crippen molar-refractivity contribution < 1.29 is 89.0 Å². The van der Waals surface area contributed by atoms with Gasteiger partial charge in [-0.25, -0.2) is 0 Å². The molecule has 0 aromatic heterocycles. The number of hydrogen-bond donors (Lipinski definition) is 10.